The normalized spacial score (nSPS) is 22.9. The topological polar surface area (TPSA) is 32.8 Å². The Balaban J connectivity index is 1.72. The summed E-state index contributed by atoms with van der Waals surface area (Å²) >= 11 is 0. The van der Waals surface area contributed by atoms with E-state index in [0.717, 1.165) is 50.3 Å². The fraction of sp³-hybridized carbons (Fsp3) is 0.611. The number of ether oxygens (including phenoxy) is 1. The van der Waals surface area contributed by atoms with Gasteiger partial charge in [0.05, 0.1) is 12.5 Å². The van der Waals surface area contributed by atoms with Crippen LogP contribution >= 0.6 is 0 Å². The van der Waals surface area contributed by atoms with Gasteiger partial charge in [-0.15, -0.1) is 0 Å². The first-order valence-corrected chi connectivity index (χ1v) is 8.41. The molecule has 120 valence electrons. The second-order valence-corrected chi connectivity index (χ2v) is 6.54. The van der Waals surface area contributed by atoms with Crippen LogP contribution in [0.1, 0.15) is 38.2 Å². The standard InChI is InChI=1S/C18H26N2O2/c1-14(2)19-9-5-10-20(12-11-19)18(21)16-8-13-22-17-7-4-3-6-15(16)17/h3-4,6-7,14,16H,5,8-13H2,1-2H3/t16-/m0/s1. The zero-order valence-corrected chi connectivity index (χ0v) is 13.6. The molecule has 1 atom stereocenters. The predicted molar refractivity (Wildman–Crippen MR) is 87.2 cm³/mol. The first kappa shape index (κ1) is 15.3. The number of benzene rings is 1. The summed E-state index contributed by atoms with van der Waals surface area (Å²) in [5, 5.41) is 0. The Labute approximate surface area is 133 Å². The minimum absolute atomic E-state index is 0.0319. The first-order chi connectivity index (χ1) is 10.7. The van der Waals surface area contributed by atoms with Crippen LogP contribution in [-0.2, 0) is 4.79 Å². The largest absolute Gasteiger partial charge is 0.493 e. The lowest BCUT2D eigenvalue weighted by Crippen LogP contribution is -2.40. The van der Waals surface area contributed by atoms with Gasteiger partial charge in [-0.1, -0.05) is 18.2 Å². The lowest BCUT2D eigenvalue weighted by atomic mass is 9.91. The van der Waals surface area contributed by atoms with Gasteiger partial charge in [0.25, 0.3) is 0 Å². The summed E-state index contributed by atoms with van der Waals surface area (Å²) in [6, 6.07) is 8.53. The zero-order chi connectivity index (χ0) is 15.5. The summed E-state index contributed by atoms with van der Waals surface area (Å²) in [7, 11) is 0. The van der Waals surface area contributed by atoms with Crippen LogP contribution in [-0.4, -0.2) is 54.5 Å². The molecule has 0 unspecified atom stereocenters. The number of hydrogen-bond donors (Lipinski definition) is 0. The van der Waals surface area contributed by atoms with Gasteiger partial charge < -0.3 is 9.64 Å². The molecule has 4 nitrogen and oxygen atoms in total. The lowest BCUT2D eigenvalue weighted by molar-refractivity contribution is -0.133. The smallest absolute Gasteiger partial charge is 0.230 e. The maximum atomic E-state index is 13.0. The average Bonchev–Trinajstić information content (AvgIpc) is 2.80. The van der Waals surface area contributed by atoms with Crippen LogP contribution in [0.3, 0.4) is 0 Å². The maximum absolute atomic E-state index is 13.0. The number of nitrogens with zero attached hydrogens (tertiary/aromatic N) is 2. The van der Waals surface area contributed by atoms with Gasteiger partial charge >= 0.3 is 0 Å². The Bertz CT molecular complexity index is 530. The minimum Gasteiger partial charge on any atom is -0.493 e. The van der Waals surface area contributed by atoms with Gasteiger partial charge in [-0.3, -0.25) is 9.69 Å². The highest BCUT2D eigenvalue weighted by Gasteiger charge is 2.31. The molecule has 22 heavy (non-hydrogen) atoms. The Morgan fingerprint density at radius 1 is 1.18 bits per heavy atom. The van der Waals surface area contributed by atoms with E-state index < -0.39 is 0 Å². The number of carbonyl (C=O) groups excluding carboxylic acids is 1. The van der Waals surface area contributed by atoms with Crippen molar-refractivity contribution in [2.45, 2.75) is 38.6 Å². The van der Waals surface area contributed by atoms with Crippen molar-refractivity contribution in [3.63, 3.8) is 0 Å². The second-order valence-electron chi connectivity index (χ2n) is 6.54. The van der Waals surface area contributed by atoms with E-state index in [1.165, 1.54) is 0 Å². The molecule has 1 fully saturated rings. The molecule has 0 spiro atoms. The molecular formula is C18H26N2O2. The number of amides is 1. The van der Waals surface area contributed by atoms with E-state index in [9.17, 15) is 4.79 Å². The monoisotopic (exact) mass is 302 g/mol. The Hall–Kier alpha value is -1.55. The van der Waals surface area contributed by atoms with E-state index in [2.05, 4.69) is 23.6 Å². The van der Waals surface area contributed by atoms with Crippen molar-refractivity contribution >= 4 is 5.91 Å². The summed E-state index contributed by atoms with van der Waals surface area (Å²) in [6.45, 7) is 8.88. The van der Waals surface area contributed by atoms with Crippen molar-refractivity contribution in [3.8, 4) is 5.75 Å². The molecule has 0 aromatic heterocycles. The van der Waals surface area contributed by atoms with Crippen molar-refractivity contribution in [2.24, 2.45) is 0 Å². The quantitative estimate of drug-likeness (QED) is 0.841. The van der Waals surface area contributed by atoms with Crippen molar-refractivity contribution in [2.75, 3.05) is 32.8 Å². The summed E-state index contributed by atoms with van der Waals surface area (Å²) < 4.78 is 5.69. The third kappa shape index (κ3) is 3.12. The van der Waals surface area contributed by atoms with Crippen LogP contribution in [0.4, 0.5) is 0 Å². The van der Waals surface area contributed by atoms with Gasteiger partial charge in [0.1, 0.15) is 5.75 Å². The Morgan fingerprint density at radius 3 is 2.82 bits per heavy atom. The molecule has 2 heterocycles. The molecule has 0 radical (unpaired) electrons. The van der Waals surface area contributed by atoms with Gasteiger partial charge in [-0.25, -0.2) is 0 Å². The average molecular weight is 302 g/mol. The number of para-hydroxylation sites is 1. The van der Waals surface area contributed by atoms with Crippen molar-refractivity contribution in [1.82, 2.24) is 9.80 Å². The van der Waals surface area contributed by atoms with Crippen molar-refractivity contribution < 1.29 is 9.53 Å². The van der Waals surface area contributed by atoms with E-state index in [4.69, 9.17) is 4.74 Å². The highest BCUT2D eigenvalue weighted by molar-refractivity contribution is 5.85. The van der Waals surface area contributed by atoms with Crippen LogP contribution in [0.15, 0.2) is 24.3 Å². The van der Waals surface area contributed by atoms with E-state index in [1.807, 2.05) is 24.3 Å². The fourth-order valence-electron chi connectivity index (χ4n) is 3.49. The number of hydrogen-bond acceptors (Lipinski definition) is 3. The summed E-state index contributed by atoms with van der Waals surface area (Å²) in [5.41, 5.74) is 1.06. The summed E-state index contributed by atoms with van der Waals surface area (Å²) in [4.78, 5) is 17.5. The second kappa shape index (κ2) is 6.69. The van der Waals surface area contributed by atoms with Crippen LogP contribution in [0.2, 0.25) is 0 Å². The van der Waals surface area contributed by atoms with E-state index in [-0.39, 0.29) is 11.8 Å². The molecule has 0 N–H and O–H groups in total. The molecule has 2 aliphatic rings. The van der Waals surface area contributed by atoms with Crippen molar-refractivity contribution in [3.05, 3.63) is 29.8 Å². The summed E-state index contributed by atoms with van der Waals surface area (Å²) in [5.74, 6) is 1.13. The molecule has 3 rings (SSSR count). The van der Waals surface area contributed by atoms with E-state index in [1.54, 1.807) is 0 Å². The van der Waals surface area contributed by atoms with E-state index >= 15 is 0 Å². The predicted octanol–water partition coefficient (Wildman–Crippen LogP) is 2.50. The molecule has 1 aromatic carbocycles. The summed E-state index contributed by atoms with van der Waals surface area (Å²) in [6.07, 6.45) is 1.86. The molecule has 2 aliphatic heterocycles. The van der Waals surface area contributed by atoms with E-state index in [0.29, 0.717) is 12.6 Å². The van der Waals surface area contributed by atoms with Gasteiger partial charge in [-0.05, 0) is 32.8 Å². The molecular weight excluding hydrogens is 276 g/mol. The Morgan fingerprint density at radius 2 is 2.00 bits per heavy atom. The van der Waals surface area contributed by atoms with Crippen molar-refractivity contribution in [1.29, 1.82) is 0 Å². The molecule has 1 amide bonds. The third-order valence-electron chi connectivity index (χ3n) is 4.83. The molecule has 0 saturated carbocycles. The van der Waals surface area contributed by atoms with Gasteiger partial charge in [0.2, 0.25) is 5.91 Å². The molecule has 0 aliphatic carbocycles. The van der Waals surface area contributed by atoms with Crippen LogP contribution < -0.4 is 4.74 Å². The zero-order valence-electron chi connectivity index (χ0n) is 13.6. The molecule has 0 bridgehead atoms. The fourth-order valence-corrected chi connectivity index (χ4v) is 3.49. The van der Waals surface area contributed by atoms with Gasteiger partial charge in [0.15, 0.2) is 0 Å². The number of rotatable bonds is 2. The maximum Gasteiger partial charge on any atom is 0.230 e. The first-order valence-electron chi connectivity index (χ1n) is 8.41. The SMILES string of the molecule is CC(C)N1CCCN(C(=O)[C@H]2CCOc3ccccc32)CC1. The lowest BCUT2D eigenvalue weighted by Gasteiger charge is -2.30. The number of carbonyl (C=O) groups is 1. The Kier molecular flexibility index (Phi) is 4.67. The number of fused-ring (bicyclic) bond motifs is 1. The molecule has 4 heteroatoms. The highest BCUT2D eigenvalue weighted by atomic mass is 16.5. The molecule has 1 saturated heterocycles. The highest BCUT2D eigenvalue weighted by Crippen LogP contribution is 2.34. The van der Waals surface area contributed by atoms with Gasteiger partial charge in [0, 0.05) is 37.8 Å². The molecule has 1 aromatic rings. The van der Waals surface area contributed by atoms with Crippen LogP contribution in [0.25, 0.3) is 0 Å². The van der Waals surface area contributed by atoms with Gasteiger partial charge in [-0.2, -0.15) is 0 Å². The van der Waals surface area contributed by atoms with Crippen LogP contribution in [0, 0.1) is 0 Å². The van der Waals surface area contributed by atoms with Crippen LogP contribution in [0.5, 0.6) is 5.75 Å². The minimum atomic E-state index is -0.0319. The third-order valence-corrected chi connectivity index (χ3v) is 4.83.